The minimum absolute atomic E-state index is 0.0257. The molecule has 1 aliphatic carbocycles. The van der Waals surface area contributed by atoms with Gasteiger partial charge in [-0.3, -0.25) is 9.59 Å². The van der Waals surface area contributed by atoms with Crippen LogP contribution in [-0.2, 0) is 9.59 Å². The minimum Gasteiger partial charge on any atom is -0.342 e. The zero-order chi connectivity index (χ0) is 15.9. The average molecular weight is 365 g/mol. The lowest BCUT2D eigenvalue weighted by atomic mass is 10.1. The summed E-state index contributed by atoms with van der Waals surface area (Å²) in [6.07, 6.45) is 2.73. The summed E-state index contributed by atoms with van der Waals surface area (Å²) in [7, 11) is 1.87. The molecule has 3 rings (SSSR count). The Kier molecular flexibility index (Phi) is 4.26. The Morgan fingerprint density at radius 3 is 2.68 bits per heavy atom. The zero-order valence-corrected chi connectivity index (χ0v) is 14.5. The first-order valence-electron chi connectivity index (χ1n) is 7.80. The third-order valence-corrected chi connectivity index (χ3v) is 5.55. The van der Waals surface area contributed by atoms with Gasteiger partial charge < -0.3 is 9.80 Å². The van der Waals surface area contributed by atoms with Crippen molar-refractivity contribution in [1.82, 2.24) is 4.90 Å². The van der Waals surface area contributed by atoms with Crippen LogP contribution in [0.1, 0.15) is 26.2 Å². The molecule has 0 bridgehead atoms. The van der Waals surface area contributed by atoms with Gasteiger partial charge in [-0.25, -0.2) is 0 Å². The number of nitrogens with zero attached hydrogens (tertiary/aromatic N) is 2. The Bertz CT molecular complexity index is 600. The number of carbonyl (C=O) groups excluding carboxylic acids is 2. The van der Waals surface area contributed by atoms with Gasteiger partial charge in [0.05, 0.1) is 11.6 Å². The Morgan fingerprint density at radius 1 is 1.36 bits per heavy atom. The molecule has 1 saturated heterocycles. The van der Waals surface area contributed by atoms with Crippen LogP contribution in [0.2, 0.25) is 0 Å². The molecular formula is C17H21BrN2O2. The van der Waals surface area contributed by atoms with Crippen LogP contribution in [0.3, 0.4) is 0 Å². The molecule has 5 heteroatoms. The van der Waals surface area contributed by atoms with E-state index in [0.717, 1.165) is 10.2 Å². The van der Waals surface area contributed by atoms with Gasteiger partial charge in [0, 0.05) is 30.5 Å². The fraction of sp³-hybridized carbons (Fsp3) is 0.529. The summed E-state index contributed by atoms with van der Waals surface area (Å²) in [4.78, 5) is 28.5. The molecule has 1 heterocycles. The first kappa shape index (κ1) is 15.5. The van der Waals surface area contributed by atoms with Crippen molar-refractivity contribution in [2.45, 2.75) is 32.2 Å². The lowest BCUT2D eigenvalue weighted by Crippen LogP contribution is -2.41. The van der Waals surface area contributed by atoms with E-state index in [-0.39, 0.29) is 23.8 Å². The van der Waals surface area contributed by atoms with E-state index in [1.54, 1.807) is 4.90 Å². The molecule has 0 N–H and O–H groups in total. The van der Waals surface area contributed by atoms with Crippen LogP contribution in [0.25, 0.3) is 0 Å². The lowest BCUT2D eigenvalue weighted by Gasteiger charge is -2.27. The molecule has 1 saturated carbocycles. The smallest absolute Gasteiger partial charge is 0.228 e. The molecule has 1 aromatic carbocycles. The van der Waals surface area contributed by atoms with Crippen LogP contribution < -0.4 is 4.90 Å². The molecule has 0 aromatic heterocycles. The van der Waals surface area contributed by atoms with E-state index in [1.165, 1.54) is 12.8 Å². The quantitative estimate of drug-likeness (QED) is 0.823. The van der Waals surface area contributed by atoms with Gasteiger partial charge in [0.1, 0.15) is 0 Å². The maximum Gasteiger partial charge on any atom is 0.228 e. The molecule has 2 aliphatic rings. The third kappa shape index (κ3) is 2.91. The predicted octanol–water partition coefficient (Wildman–Crippen LogP) is 3.06. The van der Waals surface area contributed by atoms with Gasteiger partial charge in [-0.2, -0.15) is 0 Å². The summed E-state index contributed by atoms with van der Waals surface area (Å²) in [6.45, 7) is 2.58. The summed E-state index contributed by atoms with van der Waals surface area (Å²) in [6, 6.07) is 7.93. The number of hydrogen-bond donors (Lipinski definition) is 0. The molecule has 2 amide bonds. The van der Waals surface area contributed by atoms with Gasteiger partial charge in [-0.05, 0) is 53.7 Å². The molecule has 1 aromatic rings. The molecule has 118 valence electrons. The highest BCUT2D eigenvalue weighted by atomic mass is 79.9. The van der Waals surface area contributed by atoms with Gasteiger partial charge in [0.25, 0.3) is 0 Å². The second-order valence-electron chi connectivity index (χ2n) is 6.38. The van der Waals surface area contributed by atoms with E-state index < -0.39 is 0 Å². The van der Waals surface area contributed by atoms with Crippen molar-refractivity contribution in [3.8, 4) is 0 Å². The fourth-order valence-electron chi connectivity index (χ4n) is 3.16. The largest absolute Gasteiger partial charge is 0.342 e. The van der Waals surface area contributed by atoms with Gasteiger partial charge in [0.15, 0.2) is 0 Å². The van der Waals surface area contributed by atoms with E-state index in [0.29, 0.717) is 18.9 Å². The highest BCUT2D eigenvalue weighted by molar-refractivity contribution is 9.10. The Morgan fingerprint density at radius 2 is 2.05 bits per heavy atom. The lowest BCUT2D eigenvalue weighted by molar-refractivity contribution is -0.136. The standard InChI is InChI=1S/C17H21BrN2O2/c1-11(12-7-8-12)19(2)17(22)13-9-16(21)20(10-13)15-6-4-3-5-14(15)18/h3-6,11-13H,7-10H2,1-2H3/t11-,13+/m1/s1. The van der Waals surface area contributed by atoms with Crippen LogP contribution in [0, 0.1) is 11.8 Å². The molecular weight excluding hydrogens is 344 g/mol. The van der Waals surface area contributed by atoms with Crippen molar-refractivity contribution in [2.24, 2.45) is 11.8 Å². The molecule has 0 radical (unpaired) electrons. The summed E-state index contributed by atoms with van der Waals surface area (Å²) in [5.41, 5.74) is 0.848. The fourth-order valence-corrected chi connectivity index (χ4v) is 3.66. The molecule has 22 heavy (non-hydrogen) atoms. The maximum atomic E-state index is 12.7. The number of carbonyl (C=O) groups is 2. The van der Waals surface area contributed by atoms with Gasteiger partial charge in [-0.15, -0.1) is 0 Å². The number of benzene rings is 1. The number of para-hydroxylation sites is 1. The highest BCUT2D eigenvalue weighted by Gasteiger charge is 2.40. The minimum atomic E-state index is -0.231. The summed E-state index contributed by atoms with van der Waals surface area (Å²) in [5, 5.41) is 0. The number of halogens is 1. The van der Waals surface area contributed by atoms with Crippen LogP contribution in [-0.4, -0.2) is 36.3 Å². The van der Waals surface area contributed by atoms with Crippen molar-refractivity contribution >= 4 is 33.4 Å². The first-order chi connectivity index (χ1) is 10.5. The number of rotatable bonds is 4. The summed E-state index contributed by atoms with van der Waals surface area (Å²) >= 11 is 3.48. The van der Waals surface area contributed by atoms with E-state index >= 15 is 0 Å². The third-order valence-electron chi connectivity index (χ3n) is 4.88. The van der Waals surface area contributed by atoms with E-state index in [2.05, 4.69) is 22.9 Å². The Balaban J connectivity index is 1.71. The molecule has 0 spiro atoms. The second-order valence-corrected chi connectivity index (χ2v) is 7.24. The molecule has 4 nitrogen and oxygen atoms in total. The van der Waals surface area contributed by atoms with Gasteiger partial charge in [0.2, 0.25) is 11.8 Å². The van der Waals surface area contributed by atoms with Crippen molar-refractivity contribution in [3.05, 3.63) is 28.7 Å². The van der Waals surface area contributed by atoms with Crippen LogP contribution in [0.5, 0.6) is 0 Å². The summed E-state index contributed by atoms with van der Waals surface area (Å²) in [5.74, 6) is 0.538. The first-order valence-corrected chi connectivity index (χ1v) is 8.60. The Hall–Kier alpha value is -1.36. The van der Waals surface area contributed by atoms with Crippen molar-refractivity contribution in [1.29, 1.82) is 0 Å². The van der Waals surface area contributed by atoms with E-state index in [1.807, 2.05) is 36.2 Å². The Labute approximate surface area is 139 Å². The average Bonchev–Trinajstić information content (AvgIpc) is 3.29. The monoisotopic (exact) mass is 364 g/mol. The molecule has 2 atom stereocenters. The van der Waals surface area contributed by atoms with E-state index in [4.69, 9.17) is 0 Å². The number of amides is 2. The maximum absolute atomic E-state index is 12.7. The number of anilines is 1. The normalized spacial score (nSPS) is 22.8. The predicted molar refractivity (Wildman–Crippen MR) is 89.6 cm³/mol. The topological polar surface area (TPSA) is 40.6 Å². The molecule has 0 unspecified atom stereocenters. The van der Waals surface area contributed by atoms with Crippen molar-refractivity contribution < 1.29 is 9.59 Å². The van der Waals surface area contributed by atoms with E-state index in [9.17, 15) is 9.59 Å². The second kappa shape index (κ2) is 6.03. The SMILES string of the molecule is C[C@H](C1CC1)N(C)C(=O)[C@H]1CC(=O)N(c2ccccc2Br)C1. The molecule has 1 aliphatic heterocycles. The van der Waals surface area contributed by atoms with Crippen LogP contribution >= 0.6 is 15.9 Å². The van der Waals surface area contributed by atoms with Crippen LogP contribution in [0.4, 0.5) is 5.69 Å². The van der Waals surface area contributed by atoms with Crippen molar-refractivity contribution in [2.75, 3.05) is 18.5 Å². The molecule has 2 fully saturated rings. The highest BCUT2D eigenvalue weighted by Crippen LogP contribution is 2.36. The zero-order valence-electron chi connectivity index (χ0n) is 13.0. The number of hydrogen-bond acceptors (Lipinski definition) is 2. The summed E-state index contributed by atoms with van der Waals surface area (Å²) < 4.78 is 0.885. The van der Waals surface area contributed by atoms with Crippen LogP contribution in [0.15, 0.2) is 28.7 Å². The van der Waals surface area contributed by atoms with Gasteiger partial charge >= 0.3 is 0 Å². The van der Waals surface area contributed by atoms with Gasteiger partial charge in [-0.1, -0.05) is 12.1 Å². The van der Waals surface area contributed by atoms with Crippen molar-refractivity contribution in [3.63, 3.8) is 0 Å².